The maximum absolute atomic E-state index is 12.1. The van der Waals surface area contributed by atoms with E-state index in [-0.39, 0.29) is 11.8 Å². The number of hydrogen-bond acceptors (Lipinski definition) is 4. The number of methoxy groups -OCH3 is 1. The molecule has 3 N–H and O–H groups in total. The van der Waals surface area contributed by atoms with Crippen LogP contribution < -0.4 is 20.7 Å². The van der Waals surface area contributed by atoms with Crippen molar-refractivity contribution in [3.8, 4) is 0 Å². The molecule has 0 atom stereocenters. The second-order valence-corrected chi connectivity index (χ2v) is 7.20. The number of hydrogen-bond donors (Lipinski definition) is 3. The number of para-hydroxylation sites is 1. The number of amides is 2. The summed E-state index contributed by atoms with van der Waals surface area (Å²) in [5, 5.41) is 0. The molecule has 0 spiro atoms. The molecule has 0 radical (unpaired) electrons. The molecule has 1 aliphatic heterocycles. The predicted molar refractivity (Wildman–Crippen MR) is 112 cm³/mol. The van der Waals surface area contributed by atoms with Crippen molar-refractivity contribution in [3.05, 3.63) is 65.7 Å². The summed E-state index contributed by atoms with van der Waals surface area (Å²) >= 11 is 0. The number of carbonyl (C=O) groups excluding carboxylic acids is 2. The van der Waals surface area contributed by atoms with Crippen LogP contribution >= 0.6 is 0 Å². The van der Waals surface area contributed by atoms with Gasteiger partial charge < -0.3 is 14.5 Å². The Bertz CT molecular complexity index is 787. The molecule has 0 unspecified atom stereocenters. The van der Waals surface area contributed by atoms with Crippen LogP contribution in [0.4, 0.5) is 5.69 Å². The molecule has 0 saturated carbocycles. The molecule has 1 heterocycles. The van der Waals surface area contributed by atoms with Gasteiger partial charge in [-0.05, 0) is 29.8 Å². The molecule has 7 nitrogen and oxygen atoms in total. The minimum absolute atomic E-state index is 0.174. The average Bonchev–Trinajstić information content (AvgIpc) is 2.78. The molecule has 0 aliphatic carbocycles. The minimum Gasteiger partial charge on any atom is -0.380 e. The summed E-state index contributed by atoms with van der Waals surface area (Å²) in [4.78, 5) is 28.0. The molecule has 1 aliphatic rings. The van der Waals surface area contributed by atoms with Gasteiger partial charge in [0, 0.05) is 18.4 Å². The van der Waals surface area contributed by atoms with Crippen molar-refractivity contribution in [1.29, 1.82) is 0 Å². The monoisotopic (exact) mass is 397 g/mol. The summed E-state index contributed by atoms with van der Waals surface area (Å²) in [6.07, 6.45) is 0.383. The van der Waals surface area contributed by atoms with E-state index in [0.717, 1.165) is 38.3 Å². The zero-order valence-corrected chi connectivity index (χ0v) is 16.8. The van der Waals surface area contributed by atoms with E-state index in [1.807, 2.05) is 18.2 Å². The Morgan fingerprint density at radius 3 is 2.34 bits per heavy atom. The Kier molecular flexibility index (Phi) is 7.61. The smallest absolute Gasteiger partial charge is 0.269 e. The number of benzene rings is 2. The summed E-state index contributed by atoms with van der Waals surface area (Å²) in [7, 11) is 1.63. The average molecular weight is 397 g/mol. The third-order valence-electron chi connectivity index (χ3n) is 5.14. The van der Waals surface area contributed by atoms with Crippen molar-refractivity contribution >= 4 is 17.5 Å². The van der Waals surface area contributed by atoms with Crippen molar-refractivity contribution in [1.82, 2.24) is 10.9 Å². The number of carbonyl (C=O) groups is 2. The van der Waals surface area contributed by atoms with Crippen LogP contribution in [0.15, 0.2) is 54.6 Å². The molecule has 3 rings (SSSR count). The Balaban J connectivity index is 1.34. The molecule has 0 aromatic heterocycles. The second-order valence-electron chi connectivity index (χ2n) is 7.20. The van der Waals surface area contributed by atoms with Crippen LogP contribution in [0.25, 0.3) is 0 Å². The van der Waals surface area contributed by atoms with E-state index in [2.05, 4.69) is 40.0 Å². The number of nitrogens with one attached hydrogen (secondary N) is 3. The van der Waals surface area contributed by atoms with Crippen molar-refractivity contribution in [2.24, 2.45) is 0 Å². The van der Waals surface area contributed by atoms with Crippen LogP contribution in [0.1, 0.15) is 22.3 Å². The number of ether oxygens (including phenoxy) is 1. The van der Waals surface area contributed by atoms with Gasteiger partial charge in [0.2, 0.25) is 5.91 Å². The number of quaternary nitrogens is 1. The Morgan fingerprint density at radius 1 is 1.00 bits per heavy atom. The fraction of sp³-hybridized carbons (Fsp3) is 0.364. The van der Waals surface area contributed by atoms with Crippen molar-refractivity contribution in [2.75, 3.05) is 44.7 Å². The first kappa shape index (κ1) is 20.8. The largest absolute Gasteiger partial charge is 0.380 e. The summed E-state index contributed by atoms with van der Waals surface area (Å²) in [6.45, 7) is 5.23. The molecule has 2 aromatic rings. The summed E-state index contributed by atoms with van der Waals surface area (Å²) in [5.74, 6) is -0.501. The molecule has 1 saturated heterocycles. The lowest BCUT2D eigenvalue weighted by molar-refractivity contribution is -0.900. The first-order valence-corrected chi connectivity index (χ1v) is 9.96. The van der Waals surface area contributed by atoms with Crippen LogP contribution in [-0.4, -0.2) is 51.6 Å². The Hall–Kier alpha value is -2.90. The molecule has 0 bridgehead atoms. The molecule has 2 amide bonds. The van der Waals surface area contributed by atoms with Gasteiger partial charge in [0.1, 0.15) is 0 Å². The third kappa shape index (κ3) is 6.30. The highest BCUT2D eigenvalue weighted by Gasteiger charge is 2.20. The van der Waals surface area contributed by atoms with Gasteiger partial charge in [-0.15, -0.1) is 0 Å². The lowest BCUT2D eigenvalue weighted by atomic mass is 10.1. The van der Waals surface area contributed by atoms with Crippen molar-refractivity contribution in [2.45, 2.75) is 13.0 Å². The van der Waals surface area contributed by atoms with Gasteiger partial charge in [-0.1, -0.05) is 30.3 Å². The first-order valence-electron chi connectivity index (χ1n) is 9.96. The summed E-state index contributed by atoms with van der Waals surface area (Å²) < 4.78 is 5.05. The molecule has 154 valence electrons. The van der Waals surface area contributed by atoms with E-state index in [9.17, 15) is 9.59 Å². The third-order valence-corrected chi connectivity index (χ3v) is 5.14. The van der Waals surface area contributed by atoms with E-state index in [0.29, 0.717) is 18.6 Å². The van der Waals surface area contributed by atoms with Crippen LogP contribution in [0.2, 0.25) is 0 Å². The topological polar surface area (TPSA) is 75.1 Å². The van der Waals surface area contributed by atoms with E-state index >= 15 is 0 Å². The molecule has 1 fully saturated rings. The van der Waals surface area contributed by atoms with Gasteiger partial charge in [-0.25, -0.2) is 0 Å². The number of piperazine rings is 1. The van der Waals surface area contributed by atoms with Gasteiger partial charge in [0.25, 0.3) is 5.91 Å². The Morgan fingerprint density at radius 2 is 1.69 bits per heavy atom. The van der Waals surface area contributed by atoms with Gasteiger partial charge in [-0.3, -0.25) is 20.4 Å². The van der Waals surface area contributed by atoms with Gasteiger partial charge >= 0.3 is 0 Å². The molecule has 29 heavy (non-hydrogen) atoms. The standard InChI is InChI=1S/C22H28N4O3/c1-29-17-18-7-9-19(10-8-18)22(28)24-23-21(27)11-12-25-13-15-26(16-14-25)20-5-3-2-4-6-20/h2-10H,11-17H2,1H3,(H,23,27)(H,24,28)/p+1. The Labute approximate surface area is 171 Å². The minimum atomic E-state index is -0.328. The molecule has 7 heteroatoms. The highest BCUT2D eigenvalue weighted by Crippen LogP contribution is 2.12. The van der Waals surface area contributed by atoms with Gasteiger partial charge in [-0.2, -0.15) is 0 Å². The van der Waals surface area contributed by atoms with Gasteiger partial charge in [0.05, 0.1) is 45.8 Å². The molecular weight excluding hydrogens is 368 g/mol. The fourth-order valence-electron chi connectivity index (χ4n) is 3.44. The van der Waals surface area contributed by atoms with Crippen LogP contribution in [0.3, 0.4) is 0 Å². The normalized spacial score (nSPS) is 14.4. The van der Waals surface area contributed by atoms with Crippen LogP contribution in [0.5, 0.6) is 0 Å². The SMILES string of the molecule is COCc1ccc(C(=O)NNC(=O)CC[NH+]2CCN(c3ccccc3)CC2)cc1. The van der Waals surface area contributed by atoms with E-state index < -0.39 is 0 Å². The maximum atomic E-state index is 12.1. The molecular formula is C22H29N4O3+. The number of anilines is 1. The number of hydrazine groups is 1. The maximum Gasteiger partial charge on any atom is 0.269 e. The highest BCUT2D eigenvalue weighted by molar-refractivity contribution is 5.95. The van der Waals surface area contributed by atoms with Crippen LogP contribution in [-0.2, 0) is 16.1 Å². The van der Waals surface area contributed by atoms with Crippen LogP contribution in [0, 0.1) is 0 Å². The van der Waals surface area contributed by atoms with Gasteiger partial charge in [0.15, 0.2) is 0 Å². The predicted octanol–water partition coefficient (Wildman–Crippen LogP) is 0.389. The highest BCUT2D eigenvalue weighted by atomic mass is 16.5. The van der Waals surface area contributed by atoms with E-state index in [4.69, 9.17) is 4.74 Å². The van der Waals surface area contributed by atoms with Crippen molar-refractivity contribution < 1.29 is 19.2 Å². The summed E-state index contributed by atoms with van der Waals surface area (Å²) in [6, 6.07) is 17.5. The van der Waals surface area contributed by atoms with Crippen molar-refractivity contribution in [3.63, 3.8) is 0 Å². The fourth-order valence-corrected chi connectivity index (χ4v) is 3.44. The lowest BCUT2D eigenvalue weighted by Gasteiger charge is -2.33. The lowest BCUT2D eigenvalue weighted by Crippen LogP contribution is -3.15. The zero-order chi connectivity index (χ0) is 20.5. The quantitative estimate of drug-likeness (QED) is 0.591. The number of rotatable bonds is 7. The first-order chi connectivity index (χ1) is 14.2. The number of nitrogens with zero attached hydrogens (tertiary/aromatic N) is 1. The second kappa shape index (κ2) is 10.6. The zero-order valence-electron chi connectivity index (χ0n) is 16.8. The summed E-state index contributed by atoms with van der Waals surface area (Å²) in [5.41, 5.74) is 7.72. The molecule has 2 aromatic carbocycles. The van der Waals surface area contributed by atoms with E-state index in [1.165, 1.54) is 10.6 Å². The van der Waals surface area contributed by atoms with E-state index in [1.54, 1.807) is 19.2 Å².